The molecular weight excluding hydrogens is 368 g/mol. The van der Waals surface area contributed by atoms with E-state index in [0.717, 1.165) is 61.3 Å². The molecule has 1 aromatic carbocycles. The summed E-state index contributed by atoms with van der Waals surface area (Å²) in [6.45, 7) is 5.02. The van der Waals surface area contributed by atoms with E-state index in [4.69, 9.17) is 19.8 Å². The Morgan fingerprint density at radius 2 is 1.86 bits per heavy atom. The fraction of sp³-hybridized carbons (Fsp3) is 0.476. The molecule has 2 aromatic heterocycles. The summed E-state index contributed by atoms with van der Waals surface area (Å²) < 4.78 is 7.58. The van der Waals surface area contributed by atoms with Gasteiger partial charge in [0.2, 0.25) is 5.95 Å². The van der Waals surface area contributed by atoms with E-state index >= 15 is 0 Å². The number of aromatic hydroxyl groups is 1. The number of anilines is 1. The maximum Gasteiger partial charge on any atom is 0.228 e. The molecule has 5 rings (SSSR count). The van der Waals surface area contributed by atoms with E-state index in [1.165, 1.54) is 0 Å². The van der Waals surface area contributed by atoms with E-state index in [-0.39, 0.29) is 5.75 Å². The summed E-state index contributed by atoms with van der Waals surface area (Å²) in [5, 5.41) is 15.7. The Labute approximate surface area is 169 Å². The van der Waals surface area contributed by atoms with E-state index < -0.39 is 0 Å². The van der Waals surface area contributed by atoms with Gasteiger partial charge in [-0.25, -0.2) is 9.67 Å². The van der Waals surface area contributed by atoms with Crippen molar-refractivity contribution in [2.45, 2.75) is 18.9 Å². The van der Waals surface area contributed by atoms with Gasteiger partial charge >= 0.3 is 0 Å². The first kappa shape index (κ1) is 18.3. The minimum atomic E-state index is 0.227. The molecule has 0 radical (unpaired) electrons. The molecule has 4 heterocycles. The monoisotopic (exact) mass is 394 g/mol. The lowest BCUT2D eigenvalue weighted by Crippen LogP contribution is -2.37. The largest absolute Gasteiger partial charge is 0.508 e. The number of morpholine rings is 1. The van der Waals surface area contributed by atoms with Crippen molar-refractivity contribution in [1.82, 2.24) is 24.6 Å². The van der Waals surface area contributed by atoms with Crippen LogP contribution < -0.4 is 4.90 Å². The van der Waals surface area contributed by atoms with E-state index in [2.05, 4.69) is 21.5 Å². The van der Waals surface area contributed by atoms with E-state index in [1.54, 1.807) is 12.1 Å². The molecule has 2 aliphatic heterocycles. The maximum atomic E-state index is 10.0. The average Bonchev–Trinajstić information content (AvgIpc) is 3.18. The minimum absolute atomic E-state index is 0.227. The third-order valence-corrected chi connectivity index (χ3v) is 5.89. The second-order valence-electron chi connectivity index (χ2n) is 7.88. The van der Waals surface area contributed by atoms with Gasteiger partial charge in [-0.15, -0.1) is 0 Å². The number of rotatable bonds is 3. The third-order valence-electron chi connectivity index (χ3n) is 5.89. The molecule has 2 aliphatic rings. The Morgan fingerprint density at radius 1 is 1.07 bits per heavy atom. The molecule has 1 N–H and O–H groups in total. The molecule has 152 valence electrons. The smallest absolute Gasteiger partial charge is 0.228 e. The second-order valence-corrected chi connectivity index (χ2v) is 7.88. The Balaban J connectivity index is 1.64. The number of benzene rings is 1. The van der Waals surface area contributed by atoms with Gasteiger partial charge in [-0.1, -0.05) is 12.1 Å². The molecule has 0 saturated carbocycles. The summed E-state index contributed by atoms with van der Waals surface area (Å²) in [6.07, 6.45) is 3.99. The van der Waals surface area contributed by atoms with Crippen LogP contribution in [-0.4, -0.2) is 76.2 Å². The van der Waals surface area contributed by atoms with Crippen LogP contribution >= 0.6 is 0 Å². The fourth-order valence-electron chi connectivity index (χ4n) is 4.20. The van der Waals surface area contributed by atoms with Gasteiger partial charge in [0, 0.05) is 18.7 Å². The van der Waals surface area contributed by atoms with Crippen LogP contribution in [0.3, 0.4) is 0 Å². The van der Waals surface area contributed by atoms with Crippen molar-refractivity contribution in [2.75, 3.05) is 51.3 Å². The number of hydrogen-bond donors (Lipinski definition) is 1. The van der Waals surface area contributed by atoms with Gasteiger partial charge < -0.3 is 19.6 Å². The van der Waals surface area contributed by atoms with Crippen LogP contribution in [0.2, 0.25) is 0 Å². The zero-order valence-corrected chi connectivity index (χ0v) is 16.7. The zero-order valence-electron chi connectivity index (χ0n) is 16.7. The predicted octanol–water partition coefficient (Wildman–Crippen LogP) is 2.30. The highest BCUT2D eigenvalue weighted by molar-refractivity contribution is 5.91. The van der Waals surface area contributed by atoms with E-state index in [1.807, 2.05) is 18.3 Å². The molecule has 0 spiro atoms. The minimum Gasteiger partial charge on any atom is -0.508 e. The Kier molecular flexibility index (Phi) is 4.81. The van der Waals surface area contributed by atoms with E-state index in [9.17, 15) is 5.11 Å². The lowest BCUT2D eigenvalue weighted by molar-refractivity contribution is 0.122. The van der Waals surface area contributed by atoms with Crippen LogP contribution in [0.15, 0.2) is 30.5 Å². The first-order valence-corrected chi connectivity index (χ1v) is 10.2. The zero-order chi connectivity index (χ0) is 19.8. The van der Waals surface area contributed by atoms with Crippen molar-refractivity contribution in [1.29, 1.82) is 0 Å². The molecule has 2 saturated heterocycles. The summed E-state index contributed by atoms with van der Waals surface area (Å²) in [5.74, 6) is 0.929. The van der Waals surface area contributed by atoms with Gasteiger partial charge in [0.1, 0.15) is 5.75 Å². The van der Waals surface area contributed by atoms with Gasteiger partial charge in [0.15, 0.2) is 5.65 Å². The van der Waals surface area contributed by atoms with Gasteiger partial charge in [0.25, 0.3) is 0 Å². The highest BCUT2D eigenvalue weighted by Gasteiger charge is 2.24. The summed E-state index contributed by atoms with van der Waals surface area (Å²) in [7, 11) is 2.16. The second kappa shape index (κ2) is 7.61. The lowest BCUT2D eigenvalue weighted by Gasteiger charge is -2.30. The number of ether oxygens (including phenoxy) is 1. The number of phenolic OH excluding ortho intramolecular Hbond substituents is 1. The van der Waals surface area contributed by atoms with Crippen LogP contribution in [0.1, 0.15) is 18.9 Å². The van der Waals surface area contributed by atoms with Gasteiger partial charge in [-0.2, -0.15) is 10.1 Å². The number of hydrogen-bond acceptors (Lipinski definition) is 7. The van der Waals surface area contributed by atoms with Gasteiger partial charge in [0.05, 0.1) is 36.5 Å². The number of piperidine rings is 1. The molecule has 0 aliphatic carbocycles. The first-order valence-electron chi connectivity index (χ1n) is 10.2. The van der Waals surface area contributed by atoms with Crippen LogP contribution in [0.25, 0.3) is 22.3 Å². The Hall–Kier alpha value is -2.71. The summed E-state index contributed by atoms with van der Waals surface area (Å²) in [6, 6.07) is 7.57. The van der Waals surface area contributed by atoms with Crippen molar-refractivity contribution in [3.63, 3.8) is 0 Å². The molecule has 0 bridgehead atoms. The topological polar surface area (TPSA) is 79.5 Å². The van der Waals surface area contributed by atoms with Crippen LogP contribution in [0.4, 0.5) is 5.95 Å². The molecule has 29 heavy (non-hydrogen) atoms. The number of likely N-dealkylation sites (tertiary alicyclic amines) is 1. The highest BCUT2D eigenvalue weighted by atomic mass is 16.5. The number of phenols is 1. The van der Waals surface area contributed by atoms with E-state index in [0.29, 0.717) is 25.2 Å². The summed E-state index contributed by atoms with van der Waals surface area (Å²) in [4.78, 5) is 14.4. The normalized spacial score (nSPS) is 19.1. The summed E-state index contributed by atoms with van der Waals surface area (Å²) >= 11 is 0. The molecule has 0 unspecified atom stereocenters. The maximum absolute atomic E-state index is 10.0. The average molecular weight is 394 g/mol. The first-order chi connectivity index (χ1) is 14.2. The van der Waals surface area contributed by atoms with Crippen molar-refractivity contribution in [2.24, 2.45) is 0 Å². The van der Waals surface area contributed by atoms with Crippen LogP contribution in [0.5, 0.6) is 5.75 Å². The van der Waals surface area contributed by atoms with Gasteiger partial charge in [-0.05, 0) is 45.1 Å². The molecule has 0 atom stereocenters. The SMILES string of the molecule is CN1CCC(n2ncc3c(-c4cccc(O)c4)nc(N4CCOCC4)nc32)CC1. The molecule has 2 fully saturated rings. The molecule has 0 amide bonds. The number of fused-ring (bicyclic) bond motifs is 1. The molecule has 8 nitrogen and oxygen atoms in total. The predicted molar refractivity (Wildman–Crippen MR) is 111 cm³/mol. The summed E-state index contributed by atoms with van der Waals surface area (Å²) in [5.41, 5.74) is 2.55. The molecular formula is C21H26N6O2. The van der Waals surface area contributed by atoms with Crippen molar-refractivity contribution >= 4 is 17.0 Å². The standard InChI is InChI=1S/C21H26N6O2/c1-25-7-5-16(6-8-25)27-20-18(14-22-27)19(15-3-2-4-17(28)13-15)23-21(24-20)26-9-11-29-12-10-26/h2-4,13-14,16,28H,5-12H2,1H3. The highest BCUT2D eigenvalue weighted by Crippen LogP contribution is 2.33. The number of aromatic nitrogens is 4. The lowest BCUT2D eigenvalue weighted by atomic mass is 10.1. The third kappa shape index (κ3) is 3.54. The van der Waals surface area contributed by atoms with Gasteiger partial charge in [-0.3, -0.25) is 0 Å². The Morgan fingerprint density at radius 3 is 2.62 bits per heavy atom. The quantitative estimate of drug-likeness (QED) is 0.730. The van der Waals surface area contributed by atoms with Crippen LogP contribution in [0, 0.1) is 0 Å². The number of nitrogens with zero attached hydrogens (tertiary/aromatic N) is 6. The van der Waals surface area contributed by atoms with Crippen molar-refractivity contribution in [3.05, 3.63) is 30.5 Å². The van der Waals surface area contributed by atoms with Crippen molar-refractivity contribution in [3.8, 4) is 17.0 Å². The van der Waals surface area contributed by atoms with Crippen LogP contribution in [-0.2, 0) is 4.74 Å². The van der Waals surface area contributed by atoms with Crippen molar-refractivity contribution < 1.29 is 9.84 Å². The fourth-order valence-corrected chi connectivity index (χ4v) is 4.20. The molecule has 8 heteroatoms. The molecule has 3 aromatic rings. The Bertz CT molecular complexity index is 1010.